The van der Waals surface area contributed by atoms with Crippen LogP contribution in [0, 0.1) is 0 Å². The number of carbonyl (C=O) groups is 1. The SMILES string of the molecule is CCOc1ccc(Oc2cc(Br)ccc2C(C)=O)cc1. The first-order valence-electron chi connectivity index (χ1n) is 6.31. The Hall–Kier alpha value is -1.81. The van der Waals surface area contributed by atoms with Crippen LogP contribution in [0.15, 0.2) is 46.9 Å². The van der Waals surface area contributed by atoms with Gasteiger partial charge in [-0.3, -0.25) is 4.79 Å². The largest absolute Gasteiger partial charge is 0.494 e. The third-order valence-electron chi connectivity index (χ3n) is 2.69. The number of ketones is 1. The molecular formula is C16H15BrO3. The van der Waals surface area contributed by atoms with E-state index in [-0.39, 0.29) is 5.78 Å². The summed E-state index contributed by atoms with van der Waals surface area (Å²) in [5, 5.41) is 0. The van der Waals surface area contributed by atoms with Crippen LogP contribution in [0.4, 0.5) is 0 Å². The minimum atomic E-state index is -0.0292. The van der Waals surface area contributed by atoms with E-state index in [0.29, 0.717) is 23.7 Å². The molecule has 0 saturated heterocycles. The van der Waals surface area contributed by atoms with Crippen LogP contribution in [-0.4, -0.2) is 12.4 Å². The Labute approximate surface area is 126 Å². The lowest BCUT2D eigenvalue weighted by Crippen LogP contribution is -1.97. The zero-order valence-electron chi connectivity index (χ0n) is 11.4. The van der Waals surface area contributed by atoms with Gasteiger partial charge in [0, 0.05) is 4.47 Å². The first kappa shape index (κ1) is 14.6. The lowest BCUT2D eigenvalue weighted by atomic mass is 10.1. The Morgan fingerprint density at radius 2 is 1.75 bits per heavy atom. The van der Waals surface area contributed by atoms with Gasteiger partial charge < -0.3 is 9.47 Å². The van der Waals surface area contributed by atoms with Crippen molar-refractivity contribution in [2.24, 2.45) is 0 Å². The fraction of sp³-hybridized carbons (Fsp3) is 0.188. The van der Waals surface area contributed by atoms with Crippen molar-refractivity contribution in [3.63, 3.8) is 0 Å². The highest BCUT2D eigenvalue weighted by Gasteiger charge is 2.10. The zero-order valence-corrected chi connectivity index (χ0v) is 12.9. The molecule has 0 heterocycles. The molecule has 0 amide bonds. The van der Waals surface area contributed by atoms with Crippen LogP contribution >= 0.6 is 15.9 Å². The Morgan fingerprint density at radius 1 is 1.10 bits per heavy atom. The van der Waals surface area contributed by atoms with Crippen molar-refractivity contribution < 1.29 is 14.3 Å². The summed E-state index contributed by atoms with van der Waals surface area (Å²) < 4.78 is 12.0. The molecule has 20 heavy (non-hydrogen) atoms. The van der Waals surface area contributed by atoms with Crippen LogP contribution < -0.4 is 9.47 Å². The van der Waals surface area contributed by atoms with E-state index in [1.54, 1.807) is 12.1 Å². The van der Waals surface area contributed by atoms with Gasteiger partial charge in [-0.2, -0.15) is 0 Å². The Balaban J connectivity index is 2.25. The molecule has 0 radical (unpaired) electrons. The minimum absolute atomic E-state index is 0.0292. The molecule has 0 atom stereocenters. The second-order valence-corrected chi connectivity index (χ2v) is 5.12. The zero-order chi connectivity index (χ0) is 14.5. The van der Waals surface area contributed by atoms with Crippen molar-refractivity contribution in [2.45, 2.75) is 13.8 Å². The molecule has 0 bridgehead atoms. The molecule has 0 aliphatic heterocycles. The summed E-state index contributed by atoms with van der Waals surface area (Å²) in [7, 11) is 0. The van der Waals surface area contributed by atoms with E-state index in [1.165, 1.54) is 6.92 Å². The summed E-state index contributed by atoms with van der Waals surface area (Å²) >= 11 is 3.38. The summed E-state index contributed by atoms with van der Waals surface area (Å²) in [4.78, 5) is 11.6. The molecular weight excluding hydrogens is 320 g/mol. The predicted molar refractivity (Wildman–Crippen MR) is 81.8 cm³/mol. The maximum absolute atomic E-state index is 11.6. The van der Waals surface area contributed by atoms with Gasteiger partial charge in [0.25, 0.3) is 0 Å². The molecule has 104 valence electrons. The molecule has 0 fully saturated rings. The molecule has 2 aromatic rings. The van der Waals surface area contributed by atoms with E-state index < -0.39 is 0 Å². The Morgan fingerprint density at radius 3 is 2.35 bits per heavy atom. The standard InChI is InChI=1S/C16H15BrO3/c1-3-19-13-5-7-14(8-6-13)20-16-10-12(17)4-9-15(16)11(2)18/h4-10H,3H2,1-2H3. The van der Waals surface area contributed by atoms with E-state index in [4.69, 9.17) is 9.47 Å². The van der Waals surface area contributed by atoms with Gasteiger partial charge in [-0.05, 0) is 56.3 Å². The maximum atomic E-state index is 11.6. The number of benzene rings is 2. The van der Waals surface area contributed by atoms with Crippen molar-refractivity contribution in [3.05, 3.63) is 52.5 Å². The fourth-order valence-corrected chi connectivity index (χ4v) is 2.11. The van der Waals surface area contributed by atoms with Crippen molar-refractivity contribution in [1.82, 2.24) is 0 Å². The molecule has 3 nitrogen and oxygen atoms in total. The molecule has 0 spiro atoms. The number of hydrogen-bond donors (Lipinski definition) is 0. The van der Waals surface area contributed by atoms with Gasteiger partial charge in [-0.25, -0.2) is 0 Å². The molecule has 2 rings (SSSR count). The number of hydrogen-bond acceptors (Lipinski definition) is 3. The quantitative estimate of drug-likeness (QED) is 0.733. The van der Waals surface area contributed by atoms with Gasteiger partial charge in [0.1, 0.15) is 17.2 Å². The summed E-state index contributed by atoms with van der Waals surface area (Å²) in [5.74, 6) is 1.96. The molecule has 0 aliphatic rings. The van der Waals surface area contributed by atoms with Gasteiger partial charge in [-0.1, -0.05) is 15.9 Å². The van der Waals surface area contributed by atoms with E-state index in [1.807, 2.05) is 37.3 Å². The molecule has 0 aliphatic carbocycles. The third kappa shape index (κ3) is 3.61. The normalized spacial score (nSPS) is 10.2. The van der Waals surface area contributed by atoms with Gasteiger partial charge in [-0.15, -0.1) is 0 Å². The minimum Gasteiger partial charge on any atom is -0.494 e. The van der Waals surface area contributed by atoms with Crippen molar-refractivity contribution in [1.29, 1.82) is 0 Å². The first-order valence-corrected chi connectivity index (χ1v) is 7.10. The lowest BCUT2D eigenvalue weighted by Gasteiger charge is -2.10. The first-order chi connectivity index (χ1) is 9.60. The predicted octanol–water partition coefficient (Wildman–Crippen LogP) is 4.84. The highest BCUT2D eigenvalue weighted by atomic mass is 79.9. The fourth-order valence-electron chi connectivity index (χ4n) is 1.77. The van der Waals surface area contributed by atoms with E-state index >= 15 is 0 Å². The number of ether oxygens (including phenoxy) is 2. The van der Waals surface area contributed by atoms with Crippen LogP contribution in [0.3, 0.4) is 0 Å². The lowest BCUT2D eigenvalue weighted by molar-refractivity contribution is 0.101. The van der Waals surface area contributed by atoms with E-state index in [9.17, 15) is 4.79 Å². The smallest absolute Gasteiger partial charge is 0.163 e. The van der Waals surface area contributed by atoms with Crippen LogP contribution in [0.1, 0.15) is 24.2 Å². The highest BCUT2D eigenvalue weighted by Crippen LogP contribution is 2.30. The third-order valence-corrected chi connectivity index (χ3v) is 3.18. The van der Waals surface area contributed by atoms with Crippen molar-refractivity contribution >= 4 is 21.7 Å². The maximum Gasteiger partial charge on any atom is 0.163 e. The number of carbonyl (C=O) groups excluding carboxylic acids is 1. The molecule has 0 aromatic heterocycles. The van der Waals surface area contributed by atoms with Crippen molar-refractivity contribution in [2.75, 3.05) is 6.61 Å². The van der Waals surface area contributed by atoms with Crippen LogP contribution in [0.2, 0.25) is 0 Å². The summed E-state index contributed by atoms with van der Waals surface area (Å²) in [5.41, 5.74) is 0.557. The van der Waals surface area contributed by atoms with Crippen LogP contribution in [-0.2, 0) is 0 Å². The van der Waals surface area contributed by atoms with Gasteiger partial charge in [0.2, 0.25) is 0 Å². The monoisotopic (exact) mass is 334 g/mol. The van der Waals surface area contributed by atoms with Gasteiger partial charge in [0.15, 0.2) is 5.78 Å². The van der Waals surface area contributed by atoms with Gasteiger partial charge in [0.05, 0.1) is 12.2 Å². The summed E-state index contributed by atoms with van der Waals surface area (Å²) in [6.07, 6.45) is 0. The number of halogens is 1. The molecule has 0 unspecified atom stereocenters. The van der Waals surface area contributed by atoms with Crippen LogP contribution in [0.5, 0.6) is 17.2 Å². The van der Waals surface area contributed by atoms with Crippen LogP contribution in [0.25, 0.3) is 0 Å². The molecule has 4 heteroatoms. The second-order valence-electron chi connectivity index (χ2n) is 4.20. The van der Waals surface area contributed by atoms with E-state index in [2.05, 4.69) is 15.9 Å². The number of Topliss-reactive ketones (excluding diaryl/α,β-unsaturated/α-hetero) is 1. The van der Waals surface area contributed by atoms with Crippen molar-refractivity contribution in [3.8, 4) is 17.2 Å². The average Bonchev–Trinajstić information content (AvgIpc) is 2.41. The highest BCUT2D eigenvalue weighted by molar-refractivity contribution is 9.10. The number of rotatable bonds is 5. The van der Waals surface area contributed by atoms with E-state index in [0.717, 1.165) is 10.2 Å². The topological polar surface area (TPSA) is 35.5 Å². The van der Waals surface area contributed by atoms with Gasteiger partial charge >= 0.3 is 0 Å². The molecule has 0 N–H and O–H groups in total. The molecule has 2 aromatic carbocycles. The second kappa shape index (κ2) is 6.57. The summed E-state index contributed by atoms with van der Waals surface area (Å²) in [6, 6.07) is 12.7. The summed E-state index contributed by atoms with van der Waals surface area (Å²) in [6.45, 7) is 4.08. The Kier molecular flexibility index (Phi) is 4.79. The molecule has 0 saturated carbocycles. The average molecular weight is 335 g/mol. The Bertz CT molecular complexity index is 606.